The zero-order valence-electron chi connectivity index (χ0n) is 21.5. The van der Waals surface area contributed by atoms with E-state index >= 15 is 0 Å². The number of amides is 2. The van der Waals surface area contributed by atoms with E-state index in [1.54, 1.807) is 6.08 Å². The molecule has 2 amide bonds. The first-order chi connectivity index (χ1) is 17.4. The molecule has 0 unspecified atom stereocenters. The fourth-order valence-corrected chi connectivity index (χ4v) is 5.62. The largest absolute Gasteiger partial charge is 0.530 e. The molecule has 0 heterocycles. The molecule has 2 aromatic rings. The van der Waals surface area contributed by atoms with Crippen molar-refractivity contribution in [1.82, 2.24) is 9.21 Å². The second-order valence-corrected chi connectivity index (χ2v) is 11.2. The van der Waals surface area contributed by atoms with Gasteiger partial charge in [0.05, 0.1) is 17.0 Å². The highest BCUT2D eigenvalue weighted by Gasteiger charge is 2.33. The second kappa shape index (κ2) is 13.9. The van der Waals surface area contributed by atoms with Crippen LogP contribution in [-0.4, -0.2) is 66.5 Å². The zero-order chi connectivity index (χ0) is 27.6. The molecule has 202 valence electrons. The minimum absolute atomic E-state index is 0.00234. The maximum absolute atomic E-state index is 13.6. The smallest absolute Gasteiger partial charge is 0.243 e. The number of rotatable bonds is 14. The predicted molar refractivity (Wildman–Crippen MR) is 141 cm³/mol. The molecule has 0 aliphatic rings. The molecular weight excluding hydrogens is 494 g/mol. The molecule has 37 heavy (non-hydrogen) atoms. The van der Waals surface area contributed by atoms with E-state index in [0.717, 1.165) is 10.5 Å². The van der Waals surface area contributed by atoms with E-state index in [1.807, 2.05) is 44.2 Å². The molecule has 0 saturated heterocycles. The monoisotopic (exact) mass is 530 g/mol. The Bertz CT molecular complexity index is 1140. The van der Waals surface area contributed by atoms with Crippen molar-refractivity contribution in [2.24, 2.45) is 5.92 Å². The third-order valence-electron chi connectivity index (χ3n) is 5.71. The van der Waals surface area contributed by atoms with Crippen LogP contribution < -0.4 is 10.4 Å². The molecule has 10 heteroatoms. The van der Waals surface area contributed by atoms with Crippen molar-refractivity contribution in [3.05, 3.63) is 72.8 Å². The normalized spacial score (nSPS) is 13.2. The number of sulfonamides is 1. The number of anilines is 1. The highest BCUT2D eigenvalue weighted by Crippen LogP contribution is 2.22. The highest BCUT2D eigenvalue weighted by molar-refractivity contribution is 7.89. The molecule has 2 rings (SSSR count). The van der Waals surface area contributed by atoms with Crippen molar-refractivity contribution in [1.29, 1.82) is 0 Å². The molecule has 0 fully saturated rings. The first-order valence-corrected chi connectivity index (χ1v) is 13.6. The van der Waals surface area contributed by atoms with Gasteiger partial charge in [0.15, 0.2) is 0 Å². The van der Waals surface area contributed by atoms with Crippen molar-refractivity contribution in [2.75, 3.05) is 25.0 Å². The van der Waals surface area contributed by atoms with Crippen LogP contribution in [0, 0.1) is 5.92 Å². The fraction of sp³-hybridized carbons (Fsp3) is 0.407. The van der Waals surface area contributed by atoms with Gasteiger partial charge in [-0.15, -0.1) is 6.58 Å². The molecule has 2 atom stereocenters. The third-order valence-corrected chi connectivity index (χ3v) is 7.56. The van der Waals surface area contributed by atoms with Crippen LogP contribution in [0.25, 0.3) is 0 Å². The van der Waals surface area contributed by atoms with Gasteiger partial charge in [-0.2, -0.15) is 4.31 Å². The summed E-state index contributed by atoms with van der Waals surface area (Å²) in [4.78, 5) is 24.4. The minimum atomic E-state index is -4.04. The topological polar surface area (TPSA) is 130 Å². The van der Waals surface area contributed by atoms with Gasteiger partial charge in [0, 0.05) is 32.2 Å². The van der Waals surface area contributed by atoms with Gasteiger partial charge < -0.3 is 25.2 Å². The quantitative estimate of drug-likeness (QED) is 0.361. The molecule has 0 spiro atoms. The molecule has 0 bridgehead atoms. The highest BCUT2D eigenvalue weighted by atomic mass is 32.2. The molecule has 2 aromatic carbocycles. The number of carboxylic acid groups (broad SMARTS) is 1. The van der Waals surface area contributed by atoms with E-state index in [4.69, 9.17) is 0 Å². The Balaban J connectivity index is 2.40. The summed E-state index contributed by atoms with van der Waals surface area (Å²) >= 11 is 0. The Morgan fingerprint density at radius 1 is 1.08 bits per heavy atom. The lowest BCUT2D eigenvalue weighted by molar-refractivity contribution is -0.269. The number of carbonyl (C=O) groups excluding carboxylic acids is 2. The molecule has 9 nitrogen and oxygen atoms in total. The Kier molecular flexibility index (Phi) is 11.3. The van der Waals surface area contributed by atoms with Crippen LogP contribution in [0.2, 0.25) is 0 Å². The Labute approximate surface area is 219 Å². The lowest BCUT2D eigenvalue weighted by atomic mass is 9.99. The van der Waals surface area contributed by atoms with E-state index in [9.17, 15) is 28.2 Å². The third kappa shape index (κ3) is 8.99. The zero-order valence-corrected chi connectivity index (χ0v) is 22.4. The van der Waals surface area contributed by atoms with Crippen LogP contribution >= 0.6 is 0 Å². The summed E-state index contributed by atoms with van der Waals surface area (Å²) in [6.07, 6.45) is -0.694. The van der Waals surface area contributed by atoms with Gasteiger partial charge in [0.25, 0.3) is 0 Å². The second-order valence-electron chi connectivity index (χ2n) is 9.28. The number of nitrogens with zero attached hydrogens (tertiary/aromatic N) is 2. The average molecular weight is 531 g/mol. The Hall–Kier alpha value is -3.21. The van der Waals surface area contributed by atoms with Gasteiger partial charge >= 0.3 is 0 Å². The Morgan fingerprint density at radius 3 is 2.22 bits per heavy atom. The fourth-order valence-electron chi connectivity index (χ4n) is 4.00. The number of aliphatic hydroxyl groups excluding tert-OH is 1. The van der Waals surface area contributed by atoms with Crippen molar-refractivity contribution in [2.45, 2.75) is 50.7 Å². The summed E-state index contributed by atoms with van der Waals surface area (Å²) < 4.78 is 28.3. The molecule has 0 radical (unpaired) electrons. The number of benzene rings is 2. The summed E-state index contributed by atoms with van der Waals surface area (Å²) in [6.45, 7) is 8.56. The van der Waals surface area contributed by atoms with E-state index in [-0.39, 0.29) is 42.8 Å². The van der Waals surface area contributed by atoms with Gasteiger partial charge in [-0.3, -0.25) is 4.79 Å². The molecule has 0 aromatic heterocycles. The number of hydrogen-bond donors (Lipinski definition) is 2. The van der Waals surface area contributed by atoms with Crippen molar-refractivity contribution in [3.63, 3.8) is 0 Å². The van der Waals surface area contributed by atoms with Crippen LogP contribution in [0.4, 0.5) is 10.5 Å². The van der Waals surface area contributed by atoms with E-state index in [0.29, 0.717) is 12.1 Å². The van der Waals surface area contributed by atoms with Crippen LogP contribution in [-0.2, 0) is 21.2 Å². The number of nitrogens with one attached hydrogen (secondary N) is 1. The first-order valence-electron chi connectivity index (χ1n) is 12.1. The van der Waals surface area contributed by atoms with Crippen LogP contribution in [0.1, 0.15) is 32.8 Å². The molecule has 2 N–H and O–H groups in total. The van der Waals surface area contributed by atoms with Gasteiger partial charge in [0.1, 0.15) is 6.09 Å². The first kappa shape index (κ1) is 30.0. The van der Waals surface area contributed by atoms with Crippen LogP contribution in [0.3, 0.4) is 0 Å². The van der Waals surface area contributed by atoms with Crippen LogP contribution in [0.15, 0.2) is 72.1 Å². The van der Waals surface area contributed by atoms with Gasteiger partial charge in [-0.05, 0) is 48.6 Å². The maximum atomic E-state index is 13.6. The van der Waals surface area contributed by atoms with Crippen molar-refractivity contribution >= 4 is 27.7 Å². The van der Waals surface area contributed by atoms with E-state index in [1.165, 1.54) is 35.5 Å². The van der Waals surface area contributed by atoms with Crippen molar-refractivity contribution in [3.8, 4) is 0 Å². The molecule has 0 saturated carbocycles. The van der Waals surface area contributed by atoms with Gasteiger partial charge in [0.2, 0.25) is 15.9 Å². The summed E-state index contributed by atoms with van der Waals surface area (Å²) in [5.74, 6) is -0.343. The summed E-state index contributed by atoms with van der Waals surface area (Å²) in [7, 11) is -4.04. The van der Waals surface area contributed by atoms with Gasteiger partial charge in [-0.25, -0.2) is 8.42 Å². The minimum Gasteiger partial charge on any atom is -0.530 e. The molecule has 0 aliphatic carbocycles. The summed E-state index contributed by atoms with van der Waals surface area (Å²) in [6, 6.07) is 13.9. The summed E-state index contributed by atoms with van der Waals surface area (Å²) in [5, 5.41) is 25.9. The number of hydrogen-bond acceptors (Lipinski definition) is 6. The van der Waals surface area contributed by atoms with Crippen LogP contribution in [0.5, 0.6) is 0 Å². The number of aliphatic hydroxyl groups is 1. The molecule has 0 aliphatic heterocycles. The van der Waals surface area contributed by atoms with Gasteiger partial charge in [-0.1, -0.05) is 50.3 Å². The maximum Gasteiger partial charge on any atom is 0.243 e. The average Bonchev–Trinajstić information content (AvgIpc) is 2.83. The lowest BCUT2D eigenvalue weighted by Crippen LogP contribution is -2.56. The predicted octanol–water partition coefficient (Wildman–Crippen LogP) is 2.49. The van der Waals surface area contributed by atoms with E-state index < -0.39 is 28.3 Å². The number of carbonyl (C=O) groups is 2. The van der Waals surface area contributed by atoms with Crippen molar-refractivity contribution < 1.29 is 28.2 Å². The Morgan fingerprint density at radius 2 is 1.70 bits per heavy atom. The summed E-state index contributed by atoms with van der Waals surface area (Å²) in [5.41, 5.74) is 1.25. The lowest BCUT2D eigenvalue weighted by Gasteiger charge is -2.38. The SMILES string of the molecule is C=CCCN(C(=O)[O-])[C@@H](Cc1ccccc1)[C@H](O)CN(CC(C)C)S(=O)(=O)c1ccc(NC(C)=O)cc1. The standard InChI is InChI=1S/C27H37N3O6S/c1-5-6-16-30(27(33)34)25(17-22-10-8-7-9-11-22)26(32)19-29(18-20(2)3)37(35,36)24-14-12-23(13-15-24)28-21(4)31/h5,7-15,20,25-26,32H,1,6,16-19H2,2-4H3,(H,28,31)(H,33,34)/p-1/t25-,26+/m0/s1. The van der Waals surface area contributed by atoms with E-state index in [2.05, 4.69) is 11.9 Å². The molecular formula is C27H36N3O6S-.